The predicted molar refractivity (Wildman–Crippen MR) is 132 cm³/mol. The number of hydrogen-bond acceptors (Lipinski definition) is 6. The highest BCUT2D eigenvalue weighted by atomic mass is 32.2. The Kier molecular flexibility index (Phi) is 7.34. The number of carbonyl (C=O) groups excluding carboxylic acids is 2. The number of rotatable bonds is 8. The van der Waals surface area contributed by atoms with Gasteiger partial charge in [-0.05, 0) is 58.3 Å². The van der Waals surface area contributed by atoms with Crippen molar-refractivity contribution in [2.24, 2.45) is 7.05 Å². The average molecular weight is 473 g/mol. The van der Waals surface area contributed by atoms with E-state index in [2.05, 4.69) is 50.4 Å². The zero-order valence-corrected chi connectivity index (χ0v) is 19.6. The van der Waals surface area contributed by atoms with Gasteiger partial charge in [0.1, 0.15) is 0 Å². The summed E-state index contributed by atoms with van der Waals surface area (Å²) in [6, 6.07) is 25.0. The van der Waals surface area contributed by atoms with E-state index in [1.807, 2.05) is 37.3 Å². The number of nitrogens with one attached hydrogen (secondary N) is 2. The van der Waals surface area contributed by atoms with Gasteiger partial charge in [-0.25, -0.2) is 4.68 Å². The van der Waals surface area contributed by atoms with Crippen LogP contribution in [-0.4, -0.2) is 37.8 Å². The Morgan fingerprint density at radius 2 is 1.62 bits per heavy atom. The second-order valence-electron chi connectivity index (χ2n) is 7.68. The zero-order chi connectivity index (χ0) is 23.9. The zero-order valence-electron chi connectivity index (χ0n) is 18.8. The molecule has 1 atom stereocenters. The minimum Gasteiger partial charge on any atom is -0.346 e. The number of nitrogens with zero attached hydrogens (tertiary/aromatic N) is 4. The first kappa shape index (κ1) is 23.2. The van der Waals surface area contributed by atoms with Gasteiger partial charge in [0.25, 0.3) is 5.91 Å². The second kappa shape index (κ2) is 10.8. The molecule has 172 valence electrons. The number of tetrazole rings is 1. The number of amides is 2. The van der Waals surface area contributed by atoms with Crippen LogP contribution in [-0.2, 0) is 11.8 Å². The van der Waals surface area contributed by atoms with Crippen LogP contribution < -0.4 is 10.6 Å². The maximum atomic E-state index is 12.7. The van der Waals surface area contributed by atoms with Crippen LogP contribution in [0.4, 0.5) is 5.69 Å². The number of aryl methyl sites for hydroxylation is 1. The molecule has 0 aliphatic rings. The Hall–Kier alpha value is -3.98. The molecule has 34 heavy (non-hydrogen) atoms. The molecule has 1 aromatic heterocycles. The van der Waals surface area contributed by atoms with Crippen LogP contribution in [0.3, 0.4) is 0 Å². The summed E-state index contributed by atoms with van der Waals surface area (Å²) in [4.78, 5) is 24.9. The van der Waals surface area contributed by atoms with Crippen LogP contribution in [0.5, 0.6) is 0 Å². The molecule has 0 aliphatic heterocycles. The molecule has 2 N–H and O–H groups in total. The van der Waals surface area contributed by atoms with E-state index in [4.69, 9.17) is 0 Å². The maximum Gasteiger partial charge on any atom is 0.251 e. The minimum atomic E-state index is -0.183. The molecule has 4 aromatic rings. The van der Waals surface area contributed by atoms with E-state index in [0.29, 0.717) is 16.4 Å². The fourth-order valence-corrected chi connectivity index (χ4v) is 3.98. The summed E-state index contributed by atoms with van der Waals surface area (Å²) in [7, 11) is 1.71. The van der Waals surface area contributed by atoms with E-state index in [1.165, 1.54) is 16.4 Å². The van der Waals surface area contributed by atoms with Gasteiger partial charge in [0.15, 0.2) is 0 Å². The van der Waals surface area contributed by atoms with Gasteiger partial charge < -0.3 is 10.6 Å². The normalized spacial score (nSPS) is 11.6. The van der Waals surface area contributed by atoms with Crippen LogP contribution in [0.2, 0.25) is 0 Å². The van der Waals surface area contributed by atoms with Gasteiger partial charge in [-0.3, -0.25) is 9.59 Å². The molecule has 3 aromatic carbocycles. The first-order valence-corrected chi connectivity index (χ1v) is 11.7. The highest BCUT2D eigenvalue weighted by Crippen LogP contribution is 2.22. The molecule has 1 heterocycles. The molecular formula is C25H24N6O2S. The Balaban J connectivity index is 1.30. The smallest absolute Gasteiger partial charge is 0.251 e. The highest BCUT2D eigenvalue weighted by molar-refractivity contribution is 7.99. The van der Waals surface area contributed by atoms with E-state index in [9.17, 15) is 9.59 Å². The summed E-state index contributed by atoms with van der Waals surface area (Å²) in [5.74, 6) is -0.183. The summed E-state index contributed by atoms with van der Waals surface area (Å²) in [5.41, 5.74) is 4.44. The van der Waals surface area contributed by atoms with Gasteiger partial charge in [-0.2, -0.15) is 0 Å². The first-order chi connectivity index (χ1) is 16.5. The van der Waals surface area contributed by atoms with Gasteiger partial charge in [0.05, 0.1) is 11.8 Å². The van der Waals surface area contributed by atoms with E-state index in [1.54, 1.807) is 31.3 Å². The lowest BCUT2D eigenvalue weighted by Gasteiger charge is -2.15. The van der Waals surface area contributed by atoms with E-state index < -0.39 is 0 Å². The molecule has 0 bridgehead atoms. The SMILES string of the molecule is CC(NC(=O)c1ccc(NC(=O)CSc2nnnn2C)cc1)c1ccc(-c2ccccc2)cc1. The summed E-state index contributed by atoms with van der Waals surface area (Å²) >= 11 is 1.24. The van der Waals surface area contributed by atoms with Crippen molar-refractivity contribution in [1.82, 2.24) is 25.5 Å². The monoisotopic (exact) mass is 472 g/mol. The molecule has 0 radical (unpaired) electrons. The third kappa shape index (κ3) is 5.87. The average Bonchev–Trinajstić information content (AvgIpc) is 3.28. The van der Waals surface area contributed by atoms with Crippen molar-refractivity contribution in [1.29, 1.82) is 0 Å². The third-order valence-corrected chi connectivity index (χ3v) is 6.22. The number of hydrogen-bond donors (Lipinski definition) is 2. The number of carbonyl (C=O) groups is 2. The number of anilines is 1. The van der Waals surface area contributed by atoms with E-state index in [0.717, 1.165) is 16.7 Å². The van der Waals surface area contributed by atoms with Gasteiger partial charge in [0, 0.05) is 18.3 Å². The summed E-state index contributed by atoms with van der Waals surface area (Å²) < 4.78 is 1.50. The van der Waals surface area contributed by atoms with Crippen LogP contribution in [0.1, 0.15) is 28.9 Å². The fourth-order valence-electron chi connectivity index (χ4n) is 3.33. The Morgan fingerprint density at radius 3 is 2.26 bits per heavy atom. The van der Waals surface area contributed by atoms with Crippen molar-refractivity contribution in [2.45, 2.75) is 18.1 Å². The van der Waals surface area contributed by atoms with Crippen LogP contribution >= 0.6 is 11.8 Å². The highest BCUT2D eigenvalue weighted by Gasteiger charge is 2.13. The quantitative estimate of drug-likeness (QED) is 0.375. The van der Waals surface area contributed by atoms with Crippen molar-refractivity contribution in [3.05, 3.63) is 90.0 Å². The van der Waals surface area contributed by atoms with Crippen molar-refractivity contribution in [3.8, 4) is 11.1 Å². The van der Waals surface area contributed by atoms with Gasteiger partial charge in [-0.15, -0.1) is 5.10 Å². The first-order valence-electron chi connectivity index (χ1n) is 10.7. The lowest BCUT2D eigenvalue weighted by molar-refractivity contribution is -0.113. The lowest BCUT2D eigenvalue weighted by Crippen LogP contribution is -2.26. The summed E-state index contributed by atoms with van der Waals surface area (Å²) in [6.45, 7) is 1.95. The molecule has 8 nitrogen and oxygen atoms in total. The Morgan fingerprint density at radius 1 is 0.941 bits per heavy atom. The van der Waals surface area contributed by atoms with Gasteiger partial charge >= 0.3 is 0 Å². The topological polar surface area (TPSA) is 102 Å². The molecule has 0 aliphatic carbocycles. The molecule has 9 heteroatoms. The Labute approximate surface area is 201 Å². The van der Waals surface area contributed by atoms with Gasteiger partial charge in [0.2, 0.25) is 11.1 Å². The van der Waals surface area contributed by atoms with Crippen molar-refractivity contribution < 1.29 is 9.59 Å². The van der Waals surface area contributed by atoms with Crippen LogP contribution in [0.15, 0.2) is 84.0 Å². The van der Waals surface area contributed by atoms with Crippen molar-refractivity contribution >= 4 is 29.3 Å². The maximum absolute atomic E-state index is 12.7. The summed E-state index contributed by atoms with van der Waals surface area (Å²) in [5, 5.41) is 17.5. The van der Waals surface area contributed by atoms with Gasteiger partial charge in [-0.1, -0.05) is 66.4 Å². The van der Waals surface area contributed by atoms with Crippen molar-refractivity contribution in [3.63, 3.8) is 0 Å². The standard InChI is InChI=1S/C25H24N6O2S/c1-17(18-8-10-20(11-9-18)19-6-4-3-5-7-19)26-24(33)21-12-14-22(15-13-21)27-23(32)16-34-25-28-29-30-31(25)2/h3-15,17H,16H2,1-2H3,(H,26,33)(H,27,32). The minimum absolute atomic E-state index is 0.149. The molecule has 0 saturated carbocycles. The molecule has 4 rings (SSSR count). The molecule has 0 saturated heterocycles. The van der Waals surface area contributed by atoms with E-state index in [-0.39, 0.29) is 23.6 Å². The summed E-state index contributed by atoms with van der Waals surface area (Å²) in [6.07, 6.45) is 0. The van der Waals surface area contributed by atoms with Crippen molar-refractivity contribution in [2.75, 3.05) is 11.1 Å². The molecular weight excluding hydrogens is 448 g/mol. The molecule has 0 fully saturated rings. The number of benzene rings is 3. The van der Waals surface area contributed by atoms with Crippen LogP contribution in [0.25, 0.3) is 11.1 Å². The molecule has 2 amide bonds. The second-order valence-corrected chi connectivity index (χ2v) is 8.62. The number of aromatic nitrogens is 4. The third-order valence-electron chi connectivity index (χ3n) is 5.21. The molecule has 1 unspecified atom stereocenters. The Bertz CT molecular complexity index is 1260. The number of thioether (sulfide) groups is 1. The predicted octanol–water partition coefficient (Wildman–Crippen LogP) is 4.10. The fraction of sp³-hybridized carbons (Fsp3) is 0.160. The largest absolute Gasteiger partial charge is 0.346 e. The van der Waals surface area contributed by atoms with E-state index >= 15 is 0 Å². The van der Waals surface area contributed by atoms with Crippen LogP contribution in [0, 0.1) is 0 Å². The molecule has 0 spiro atoms. The lowest BCUT2D eigenvalue weighted by atomic mass is 10.0.